The number of morpholine rings is 1. The van der Waals surface area contributed by atoms with Gasteiger partial charge in [-0.05, 0) is 30.5 Å². The summed E-state index contributed by atoms with van der Waals surface area (Å²) in [4.78, 5) is 14.4. The first-order valence-corrected chi connectivity index (χ1v) is 8.10. The molecule has 2 amide bonds. The highest BCUT2D eigenvalue weighted by atomic mass is 19.1. The van der Waals surface area contributed by atoms with Crippen LogP contribution < -0.4 is 10.6 Å². The lowest BCUT2D eigenvalue weighted by Crippen LogP contribution is -2.51. The molecule has 128 valence electrons. The van der Waals surface area contributed by atoms with E-state index in [0.29, 0.717) is 12.5 Å². The van der Waals surface area contributed by atoms with Gasteiger partial charge in [-0.1, -0.05) is 19.9 Å². The van der Waals surface area contributed by atoms with Crippen molar-refractivity contribution in [3.63, 3.8) is 0 Å². The van der Waals surface area contributed by atoms with Gasteiger partial charge in [0.2, 0.25) is 0 Å². The third-order valence-corrected chi connectivity index (χ3v) is 4.13. The van der Waals surface area contributed by atoms with Crippen LogP contribution in [0.25, 0.3) is 0 Å². The minimum absolute atomic E-state index is 0.204. The Morgan fingerprint density at radius 2 is 2.04 bits per heavy atom. The Balaban J connectivity index is 1.89. The second kappa shape index (κ2) is 8.26. The summed E-state index contributed by atoms with van der Waals surface area (Å²) < 4.78 is 19.1. The Labute approximate surface area is 137 Å². The maximum absolute atomic E-state index is 13.7. The molecule has 23 heavy (non-hydrogen) atoms. The van der Waals surface area contributed by atoms with Gasteiger partial charge in [-0.15, -0.1) is 0 Å². The standard InChI is InChI=1S/C17H26FN3O2/c1-12(2)16(21-6-8-23-9-7-21)11-19-17(22)20-15-10-13(3)4-5-14(15)18/h4-5,10,12,16H,6-9,11H2,1-3H3,(H2,19,20,22). The zero-order valence-electron chi connectivity index (χ0n) is 14.1. The van der Waals surface area contributed by atoms with E-state index in [1.165, 1.54) is 6.07 Å². The summed E-state index contributed by atoms with van der Waals surface area (Å²) >= 11 is 0. The third-order valence-electron chi connectivity index (χ3n) is 4.13. The summed E-state index contributed by atoms with van der Waals surface area (Å²) in [7, 11) is 0. The molecule has 1 aromatic carbocycles. The van der Waals surface area contributed by atoms with Gasteiger partial charge in [0, 0.05) is 25.7 Å². The largest absolute Gasteiger partial charge is 0.379 e. The molecule has 0 aliphatic carbocycles. The normalized spacial score (nSPS) is 17.1. The molecule has 1 heterocycles. The number of carbonyl (C=O) groups excluding carboxylic acids is 1. The third kappa shape index (κ3) is 5.18. The molecule has 0 saturated carbocycles. The minimum Gasteiger partial charge on any atom is -0.379 e. The number of aryl methyl sites for hydroxylation is 1. The van der Waals surface area contributed by atoms with E-state index in [4.69, 9.17) is 4.74 Å². The Hall–Kier alpha value is -1.66. The van der Waals surface area contributed by atoms with Crippen LogP contribution in [0.3, 0.4) is 0 Å². The van der Waals surface area contributed by atoms with Crippen molar-refractivity contribution in [2.75, 3.05) is 38.2 Å². The highest BCUT2D eigenvalue weighted by Gasteiger charge is 2.24. The number of carbonyl (C=O) groups is 1. The molecule has 1 unspecified atom stereocenters. The summed E-state index contributed by atoms with van der Waals surface area (Å²) in [6.45, 7) is 9.86. The molecule has 1 aromatic rings. The number of rotatable bonds is 5. The van der Waals surface area contributed by atoms with Crippen LogP contribution in [0.15, 0.2) is 18.2 Å². The summed E-state index contributed by atoms with van der Waals surface area (Å²) in [5, 5.41) is 5.44. The highest BCUT2D eigenvalue weighted by molar-refractivity contribution is 5.89. The van der Waals surface area contributed by atoms with Crippen molar-refractivity contribution in [2.45, 2.75) is 26.8 Å². The smallest absolute Gasteiger partial charge is 0.319 e. The quantitative estimate of drug-likeness (QED) is 0.876. The van der Waals surface area contributed by atoms with Crippen LogP contribution in [-0.4, -0.2) is 49.8 Å². The lowest BCUT2D eigenvalue weighted by molar-refractivity contribution is 0.00728. The Morgan fingerprint density at radius 3 is 2.70 bits per heavy atom. The summed E-state index contributed by atoms with van der Waals surface area (Å²) in [6.07, 6.45) is 0. The molecular formula is C17H26FN3O2. The van der Waals surface area contributed by atoms with Crippen LogP contribution in [0.1, 0.15) is 19.4 Å². The van der Waals surface area contributed by atoms with E-state index in [1.54, 1.807) is 12.1 Å². The topological polar surface area (TPSA) is 53.6 Å². The van der Waals surface area contributed by atoms with Crippen LogP contribution in [0.5, 0.6) is 0 Å². The fourth-order valence-electron chi connectivity index (χ4n) is 2.79. The zero-order chi connectivity index (χ0) is 16.8. The van der Waals surface area contributed by atoms with Gasteiger partial charge in [-0.3, -0.25) is 4.90 Å². The van der Waals surface area contributed by atoms with E-state index >= 15 is 0 Å². The first kappa shape index (κ1) is 17.7. The van der Waals surface area contributed by atoms with Gasteiger partial charge in [0.1, 0.15) is 5.82 Å². The number of nitrogens with zero attached hydrogens (tertiary/aromatic N) is 1. The number of hydrogen-bond donors (Lipinski definition) is 2. The Morgan fingerprint density at radius 1 is 1.35 bits per heavy atom. The molecular weight excluding hydrogens is 297 g/mol. The highest BCUT2D eigenvalue weighted by Crippen LogP contribution is 2.16. The van der Waals surface area contributed by atoms with Crippen LogP contribution in [0, 0.1) is 18.7 Å². The second-order valence-corrected chi connectivity index (χ2v) is 6.28. The van der Waals surface area contributed by atoms with Gasteiger partial charge in [-0.2, -0.15) is 0 Å². The van der Waals surface area contributed by atoms with E-state index in [0.717, 1.165) is 31.9 Å². The number of urea groups is 1. The molecule has 1 fully saturated rings. The van der Waals surface area contributed by atoms with Gasteiger partial charge in [0.25, 0.3) is 0 Å². The van der Waals surface area contributed by atoms with Gasteiger partial charge >= 0.3 is 6.03 Å². The van der Waals surface area contributed by atoms with E-state index in [1.807, 2.05) is 6.92 Å². The average molecular weight is 323 g/mol. The molecule has 0 radical (unpaired) electrons. The van der Waals surface area contributed by atoms with E-state index in [2.05, 4.69) is 29.4 Å². The van der Waals surface area contributed by atoms with Gasteiger partial charge < -0.3 is 15.4 Å². The number of anilines is 1. The maximum Gasteiger partial charge on any atom is 0.319 e. The molecule has 5 nitrogen and oxygen atoms in total. The monoisotopic (exact) mass is 323 g/mol. The molecule has 6 heteroatoms. The Bertz CT molecular complexity index is 531. The molecule has 0 bridgehead atoms. The summed E-state index contributed by atoms with van der Waals surface area (Å²) in [6, 6.07) is 4.51. The number of benzene rings is 1. The fourth-order valence-corrected chi connectivity index (χ4v) is 2.79. The number of ether oxygens (including phenoxy) is 1. The molecule has 2 rings (SSSR count). The first-order valence-electron chi connectivity index (χ1n) is 8.10. The van der Waals surface area contributed by atoms with E-state index in [9.17, 15) is 9.18 Å². The molecule has 1 atom stereocenters. The van der Waals surface area contributed by atoms with Crippen molar-refractivity contribution in [3.8, 4) is 0 Å². The zero-order valence-corrected chi connectivity index (χ0v) is 14.1. The first-order chi connectivity index (χ1) is 11.0. The summed E-state index contributed by atoms with van der Waals surface area (Å²) in [5.41, 5.74) is 1.10. The van der Waals surface area contributed by atoms with Crippen LogP contribution in [0.2, 0.25) is 0 Å². The van der Waals surface area contributed by atoms with Gasteiger partial charge in [0.05, 0.1) is 18.9 Å². The number of nitrogens with one attached hydrogen (secondary N) is 2. The lowest BCUT2D eigenvalue weighted by Gasteiger charge is -2.36. The lowest BCUT2D eigenvalue weighted by atomic mass is 10.0. The van der Waals surface area contributed by atoms with Crippen LogP contribution >= 0.6 is 0 Å². The molecule has 2 N–H and O–H groups in total. The molecule has 1 aliphatic heterocycles. The maximum atomic E-state index is 13.7. The predicted octanol–water partition coefficient (Wildman–Crippen LogP) is 2.61. The second-order valence-electron chi connectivity index (χ2n) is 6.28. The van der Waals surface area contributed by atoms with Crippen molar-refractivity contribution < 1.29 is 13.9 Å². The summed E-state index contributed by atoms with van der Waals surface area (Å²) in [5.74, 6) is -0.0246. The van der Waals surface area contributed by atoms with Crippen molar-refractivity contribution in [2.24, 2.45) is 5.92 Å². The minimum atomic E-state index is -0.431. The van der Waals surface area contributed by atoms with E-state index in [-0.39, 0.29) is 17.8 Å². The molecule has 1 aliphatic rings. The number of hydrogen-bond acceptors (Lipinski definition) is 3. The average Bonchev–Trinajstić information content (AvgIpc) is 2.52. The fraction of sp³-hybridized carbons (Fsp3) is 0.588. The Kier molecular flexibility index (Phi) is 6.36. The van der Waals surface area contributed by atoms with Crippen molar-refractivity contribution in [3.05, 3.63) is 29.6 Å². The SMILES string of the molecule is Cc1ccc(F)c(NC(=O)NCC(C(C)C)N2CCOCC2)c1. The number of amides is 2. The van der Waals surface area contributed by atoms with Gasteiger partial charge in [0.15, 0.2) is 0 Å². The van der Waals surface area contributed by atoms with Crippen molar-refractivity contribution in [1.29, 1.82) is 0 Å². The molecule has 1 saturated heterocycles. The van der Waals surface area contributed by atoms with Gasteiger partial charge in [-0.25, -0.2) is 9.18 Å². The van der Waals surface area contributed by atoms with Crippen molar-refractivity contribution >= 4 is 11.7 Å². The van der Waals surface area contributed by atoms with Crippen LogP contribution in [0.4, 0.5) is 14.9 Å². The molecule has 0 spiro atoms. The molecule has 0 aromatic heterocycles. The predicted molar refractivity (Wildman–Crippen MR) is 89.2 cm³/mol. The van der Waals surface area contributed by atoms with Crippen LogP contribution in [-0.2, 0) is 4.74 Å². The van der Waals surface area contributed by atoms with E-state index < -0.39 is 5.82 Å². The number of halogens is 1. The van der Waals surface area contributed by atoms with Crippen molar-refractivity contribution in [1.82, 2.24) is 10.2 Å².